The van der Waals surface area contributed by atoms with E-state index in [4.69, 9.17) is 9.72 Å². The van der Waals surface area contributed by atoms with Gasteiger partial charge in [-0.1, -0.05) is 23.9 Å². The second-order valence-electron chi connectivity index (χ2n) is 8.68. The average Bonchev–Trinajstić information content (AvgIpc) is 3.33. The minimum Gasteiger partial charge on any atom is -0.376 e. The lowest BCUT2D eigenvalue weighted by Gasteiger charge is -2.35. The molecule has 0 bridgehead atoms. The Bertz CT molecular complexity index is 1260. The summed E-state index contributed by atoms with van der Waals surface area (Å²) in [4.78, 5) is 33.0. The molecule has 6 nitrogen and oxygen atoms in total. The molecule has 3 heterocycles. The maximum absolute atomic E-state index is 13.7. The molecule has 0 saturated carbocycles. The highest BCUT2D eigenvalue weighted by atomic mass is 32.2. The molecule has 2 unspecified atom stereocenters. The van der Waals surface area contributed by atoms with Gasteiger partial charge in [-0.25, -0.2) is 9.37 Å². The van der Waals surface area contributed by atoms with Gasteiger partial charge < -0.3 is 9.64 Å². The summed E-state index contributed by atoms with van der Waals surface area (Å²) in [6, 6.07) is 11.9. The molecule has 2 aliphatic rings. The number of hydrogen-bond donors (Lipinski definition) is 0. The quantitative estimate of drug-likeness (QED) is 0.416. The predicted molar refractivity (Wildman–Crippen MR) is 127 cm³/mol. The van der Waals surface area contributed by atoms with E-state index >= 15 is 0 Å². The van der Waals surface area contributed by atoms with Gasteiger partial charge in [0.1, 0.15) is 5.82 Å². The summed E-state index contributed by atoms with van der Waals surface area (Å²) >= 11 is 1.27. The molecule has 5 rings (SSSR count). The topological polar surface area (TPSA) is 64.4 Å². The van der Waals surface area contributed by atoms with Crippen LogP contribution in [-0.2, 0) is 22.5 Å². The average molecular weight is 468 g/mol. The third-order valence-corrected chi connectivity index (χ3v) is 7.36. The summed E-state index contributed by atoms with van der Waals surface area (Å²) < 4.78 is 21.1. The molecular weight excluding hydrogens is 441 g/mol. The van der Waals surface area contributed by atoms with Crippen molar-refractivity contribution in [1.29, 1.82) is 0 Å². The van der Waals surface area contributed by atoms with E-state index < -0.39 is 0 Å². The summed E-state index contributed by atoms with van der Waals surface area (Å²) in [6.07, 6.45) is 3.39. The van der Waals surface area contributed by atoms with Crippen LogP contribution < -0.4 is 10.5 Å². The standard InChI is InChI=1S/C25H26FN3O3S/c1-16-8-9-17-13-18(26)10-11-22(17)29(16)23(30)15-33-25-27-21-7-3-2-6-20(21)24(31)28(25)14-19-5-4-12-32-19/h2-3,6-7,10-11,13,16,19H,4-5,8-9,12,14-15H2,1H3. The highest BCUT2D eigenvalue weighted by molar-refractivity contribution is 7.99. The number of benzene rings is 2. The third-order valence-electron chi connectivity index (χ3n) is 6.40. The van der Waals surface area contributed by atoms with Gasteiger partial charge in [-0.05, 0) is 68.5 Å². The molecule has 1 saturated heterocycles. The van der Waals surface area contributed by atoms with Crippen LogP contribution in [0, 0.1) is 5.82 Å². The van der Waals surface area contributed by atoms with Crippen molar-refractivity contribution >= 4 is 34.3 Å². The van der Waals surface area contributed by atoms with Crippen LogP contribution in [0.25, 0.3) is 10.9 Å². The van der Waals surface area contributed by atoms with E-state index in [1.54, 1.807) is 21.6 Å². The summed E-state index contributed by atoms with van der Waals surface area (Å²) in [7, 11) is 0. The number of nitrogens with zero attached hydrogens (tertiary/aromatic N) is 3. The second kappa shape index (κ2) is 9.27. The van der Waals surface area contributed by atoms with Gasteiger partial charge in [-0.2, -0.15) is 0 Å². The highest BCUT2D eigenvalue weighted by Crippen LogP contribution is 2.32. The zero-order valence-corrected chi connectivity index (χ0v) is 19.3. The molecule has 33 heavy (non-hydrogen) atoms. The molecule has 2 atom stereocenters. The van der Waals surface area contributed by atoms with Gasteiger partial charge in [-0.3, -0.25) is 14.2 Å². The number of thioether (sulfide) groups is 1. The fraction of sp³-hybridized carbons (Fsp3) is 0.400. The number of carbonyl (C=O) groups is 1. The lowest BCUT2D eigenvalue weighted by molar-refractivity contribution is -0.116. The molecule has 1 fully saturated rings. The molecule has 8 heteroatoms. The van der Waals surface area contributed by atoms with E-state index in [-0.39, 0.29) is 35.2 Å². The number of aryl methyl sites for hydroxylation is 1. The van der Waals surface area contributed by atoms with Gasteiger partial charge in [0.05, 0.1) is 29.3 Å². The Balaban J connectivity index is 1.43. The molecular formula is C25H26FN3O3S. The number of carbonyl (C=O) groups excluding carboxylic acids is 1. The van der Waals surface area contributed by atoms with Crippen LogP contribution in [0.2, 0.25) is 0 Å². The Morgan fingerprint density at radius 2 is 2.09 bits per heavy atom. The highest BCUT2D eigenvalue weighted by Gasteiger charge is 2.29. The Hall–Kier alpha value is -2.71. The fourth-order valence-electron chi connectivity index (χ4n) is 4.71. The van der Waals surface area contributed by atoms with Gasteiger partial charge in [0, 0.05) is 18.3 Å². The van der Waals surface area contributed by atoms with Crippen LogP contribution in [0.5, 0.6) is 0 Å². The van der Waals surface area contributed by atoms with Crippen molar-refractivity contribution in [1.82, 2.24) is 9.55 Å². The molecule has 2 aromatic carbocycles. The summed E-state index contributed by atoms with van der Waals surface area (Å²) in [6.45, 7) is 3.14. The minimum atomic E-state index is -0.288. The Labute approximate surface area is 195 Å². The van der Waals surface area contributed by atoms with Gasteiger partial charge >= 0.3 is 0 Å². The van der Waals surface area contributed by atoms with E-state index in [1.807, 2.05) is 25.1 Å². The van der Waals surface area contributed by atoms with E-state index in [0.717, 1.165) is 36.9 Å². The maximum Gasteiger partial charge on any atom is 0.262 e. The summed E-state index contributed by atoms with van der Waals surface area (Å²) in [5.74, 6) is -0.230. The van der Waals surface area contributed by atoms with Crippen molar-refractivity contribution in [3.05, 3.63) is 64.2 Å². The smallest absolute Gasteiger partial charge is 0.262 e. The van der Waals surface area contributed by atoms with Gasteiger partial charge in [0.15, 0.2) is 5.16 Å². The van der Waals surface area contributed by atoms with Crippen molar-refractivity contribution in [3.8, 4) is 0 Å². The number of halogens is 1. The number of rotatable bonds is 5. The molecule has 172 valence electrons. The van der Waals surface area contributed by atoms with Crippen LogP contribution >= 0.6 is 11.8 Å². The number of fused-ring (bicyclic) bond motifs is 2. The zero-order valence-electron chi connectivity index (χ0n) is 18.5. The van der Waals surface area contributed by atoms with Crippen LogP contribution in [-0.4, -0.2) is 40.0 Å². The van der Waals surface area contributed by atoms with Gasteiger partial charge in [-0.15, -0.1) is 0 Å². The van der Waals surface area contributed by atoms with Crippen LogP contribution in [0.15, 0.2) is 52.4 Å². The number of anilines is 1. The zero-order chi connectivity index (χ0) is 22.9. The molecule has 1 amide bonds. The molecule has 0 N–H and O–H groups in total. The first-order valence-corrected chi connectivity index (χ1v) is 12.3. The second-order valence-corrected chi connectivity index (χ2v) is 9.62. The van der Waals surface area contributed by atoms with E-state index in [9.17, 15) is 14.0 Å². The van der Waals surface area contributed by atoms with Crippen LogP contribution in [0.3, 0.4) is 0 Å². The molecule has 1 aromatic heterocycles. The number of aromatic nitrogens is 2. The summed E-state index contributed by atoms with van der Waals surface area (Å²) in [5, 5.41) is 1.08. The first-order valence-electron chi connectivity index (χ1n) is 11.4. The first kappa shape index (κ1) is 22.1. The normalized spacial score (nSPS) is 20.2. The van der Waals surface area contributed by atoms with Crippen LogP contribution in [0.4, 0.5) is 10.1 Å². The lowest BCUT2D eigenvalue weighted by atomic mass is 9.96. The number of ether oxygens (including phenoxy) is 1. The summed E-state index contributed by atoms with van der Waals surface area (Å²) in [5.41, 5.74) is 2.13. The van der Waals surface area contributed by atoms with Crippen molar-refractivity contribution in [3.63, 3.8) is 0 Å². The molecule has 3 aromatic rings. The number of amides is 1. The largest absolute Gasteiger partial charge is 0.376 e. The van der Waals surface area contributed by atoms with Crippen molar-refractivity contribution in [2.24, 2.45) is 0 Å². The minimum absolute atomic E-state index is 0.0229. The molecule has 2 aliphatic heterocycles. The monoisotopic (exact) mass is 467 g/mol. The van der Waals surface area contributed by atoms with E-state index in [1.165, 1.54) is 23.9 Å². The van der Waals surface area contributed by atoms with Gasteiger partial charge in [0.2, 0.25) is 5.91 Å². The van der Waals surface area contributed by atoms with E-state index in [2.05, 4.69) is 0 Å². The van der Waals surface area contributed by atoms with Crippen molar-refractivity contribution in [2.75, 3.05) is 17.3 Å². The fourth-order valence-corrected chi connectivity index (χ4v) is 5.57. The number of hydrogen-bond acceptors (Lipinski definition) is 5. The van der Waals surface area contributed by atoms with E-state index in [0.29, 0.717) is 29.2 Å². The Morgan fingerprint density at radius 3 is 2.91 bits per heavy atom. The van der Waals surface area contributed by atoms with Crippen molar-refractivity contribution < 1.29 is 13.9 Å². The SMILES string of the molecule is CC1CCc2cc(F)ccc2N1C(=O)CSc1nc2ccccc2c(=O)n1CC1CCCO1. The Kier molecular flexibility index (Phi) is 6.21. The third kappa shape index (κ3) is 4.42. The van der Waals surface area contributed by atoms with Crippen LogP contribution in [0.1, 0.15) is 31.7 Å². The van der Waals surface area contributed by atoms with Gasteiger partial charge in [0.25, 0.3) is 5.56 Å². The first-order chi connectivity index (χ1) is 16.0. The molecule has 0 aliphatic carbocycles. The molecule has 0 spiro atoms. The number of para-hydroxylation sites is 1. The lowest BCUT2D eigenvalue weighted by Crippen LogP contribution is -2.43. The molecule has 0 radical (unpaired) electrons. The predicted octanol–water partition coefficient (Wildman–Crippen LogP) is 4.17. The maximum atomic E-state index is 13.7. The Morgan fingerprint density at radius 1 is 1.24 bits per heavy atom. The van der Waals surface area contributed by atoms with Crippen molar-refractivity contribution in [2.45, 2.75) is 56.5 Å².